The van der Waals surface area contributed by atoms with Gasteiger partial charge in [0.1, 0.15) is 0 Å². The Labute approximate surface area is 117 Å². The minimum Gasteiger partial charge on any atom is -0.342 e. The second-order valence-electron chi connectivity index (χ2n) is 5.10. The number of amides is 1. The summed E-state index contributed by atoms with van der Waals surface area (Å²) in [6, 6.07) is 8.06. The number of piperidine rings is 1. The van der Waals surface area contributed by atoms with Crippen LogP contribution in [0.2, 0.25) is 5.02 Å². The first kappa shape index (κ1) is 12.5. The molecule has 1 N–H and O–H groups in total. The van der Waals surface area contributed by atoms with Gasteiger partial charge in [0.15, 0.2) is 0 Å². The highest BCUT2D eigenvalue weighted by molar-refractivity contribution is 6.30. The first-order valence-electron chi connectivity index (χ1n) is 6.49. The van der Waals surface area contributed by atoms with Gasteiger partial charge in [0.25, 0.3) is 0 Å². The highest BCUT2D eigenvalue weighted by Crippen LogP contribution is 2.26. The van der Waals surface area contributed by atoms with Crippen LogP contribution in [0.1, 0.15) is 18.9 Å². The van der Waals surface area contributed by atoms with E-state index in [1.165, 1.54) is 0 Å². The molecule has 19 heavy (non-hydrogen) atoms. The number of nitrogens with one attached hydrogen (secondary N) is 1. The van der Waals surface area contributed by atoms with Crippen LogP contribution in [0, 0.1) is 5.92 Å². The first-order valence-corrected chi connectivity index (χ1v) is 6.87. The Morgan fingerprint density at radius 1 is 1.42 bits per heavy atom. The summed E-state index contributed by atoms with van der Waals surface area (Å²) in [6.45, 7) is 3.18. The highest BCUT2D eigenvalue weighted by atomic mass is 35.5. The predicted octanol–water partition coefficient (Wildman–Crippen LogP) is 1.88. The molecule has 2 heterocycles. The summed E-state index contributed by atoms with van der Waals surface area (Å²) in [5, 5.41) is 5.18. The summed E-state index contributed by atoms with van der Waals surface area (Å²) in [6.07, 6.45) is 0.949. The molecule has 4 nitrogen and oxygen atoms in total. The maximum Gasteiger partial charge on any atom is 0.219 e. The smallest absolute Gasteiger partial charge is 0.219 e. The minimum atomic E-state index is 0.140. The molecule has 1 amide bonds. The summed E-state index contributed by atoms with van der Waals surface area (Å²) in [7, 11) is 0. The van der Waals surface area contributed by atoms with Crippen molar-refractivity contribution in [1.82, 2.24) is 10.3 Å². The molecule has 1 fully saturated rings. The molecule has 0 saturated carbocycles. The Hall–Kier alpha value is -1.55. The second-order valence-corrected chi connectivity index (χ2v) is 5.54. The van der Waals surface area contributed by atoms with Gasteiger partial charge in [-0.15, -0.1) is 0 Å². The quantitative estimate of drug-likeness (QED) is 0.852. The van der Waals surface area contributed by atoms with Crippen molar-refractivity contribution in [3.8, 4) is 0 Å². The monoisotopic (exact) mass is 277 g/mol. The van der Waals surface area contributed by atoms with E-state index in [1.54, 1.807) is 6.92 Å². The van der Waals surface area contributed by atoms with Crippen molar-refractivity contribution in [1.29, 1.82) is 0 Å². The molecule has 0 aliphatic carbocycles. The van der Waals surface area contributed by atoms with E-state index in [-0.39, 0.29) is 11.8 Å². The molecule has 0 radical (unpaired) electrons. The number of hydrogen-bond donors (Lipinski definition) is 1. The van der Waals surface area contributed by atoms with Crippen LogP contribution in [-0.4, -0.2) is 35.7 Å². The molecule has 5 heteroatoms. The Kier molecular flexibility index (Phi) is 3.19. The summed E-state index contributed by atoms with van der Waals surface area (Å²) in [5.74, 6) is 0.416. The van der Waals surface area contributed by atoms with Crippen molar-refractivity contribution >= 4 is 23.2 Å². The third kappa shape index (κ3) is 2.32. The van der Waals surface area contributed by atoms with E-state index in [9.17, 15) is 4.79 Å². The van der Waals surface area contributed by atoms with E-state index < -0.39 is 0 Å². The van der Waals surface area contributed by atoms with Gasteiger partial charge in [0.05, 0.1) is 11.8 Å². The standard InChI is InChI=1S/C14H16ClN3O/c1-9(19)18-7-6-13-12(8-18)14(17-16-13)10-2-4-11(15)5-3-10/h2-5,12-13,16H,6-8H2,1H3/t12-,13+/m1/s1. The third-order valence-electron chi connectivity index (χ3n) is 3.90. The Balaban J connectivity index is 1.83. The van der Waals surface area contributed by atoms with Crippen LogP contribution in [0.4, 0.5) is 0 Å². The number of rotatable bonds is 1. The number of benzene rings is 1. The topological polar surface area (TPSA) is 44.7 Å². The van der Waals surface area contributed by atoms with Gasteiger partial charge in [-0.1, -0.05) is 23.7 Å². The van der Waals surface area contributed by atoms with E-state index >= 15 is 0 Å². The molecular weight excluding hydrogens is 262 g/mol. The zero-order valence-electron chi connectivity index (χ0n) is 10.8. The predicted molar refractivity (Wildman–Crippen MR) is 75.3 cm³/mol. The number of carbonyl (C=O) groups is 1. The van der Waals surface area contributed by atoms with Crippen LogP contribution in [-0.2, 0) is 4.79 Å². The van der Waals surface area contributed by atoms with Gasteiger partial charge in [0, 0.05) is 31.0 Å². The zero-order chi connectivity index (χ0) is 13.4. The molecule has 2 atom stereocenters. The van der Waals surface area contributed by atoms with Crippen LogP contribution < -0.4 is 5.43 Å². The third-order valence-corrected chi connectivity index (χ3v) is 4.15. The SMILES string of the molecule is CC(=O)N1CC[C@@H]2NN=C(c3ccc(Cl)cc3)[C@@H]2C1. The van der Waals surface area contributed by atoms with Crippen LogP contribution in [0.25, 0.3) is 0 Å². The maximum atomic E-state index is 11.5. The van der Waals surface area contributed by atoms with Gasteiger partial charge in [-0.05, 0) is 24.1 Å². The molecule has 0 spiro atoms. The fourth-order valence-electron chi connectivity index (χ4n) is 2.80. The first-order chi connectivity index (χ1) is 9.15. The molecule has 100 valence electrons. The number of carbonyl (C=O) groups excluding carboxylic acids is 1. The van der Waals surface area contributed by atoms with Crippen LogP contribution >= 0.6 is 11.6 Å². The van der Waals surface area contributed by atoms with Gasteiger partial charge in [-0.25, -0.2) is 0 Å². The molecule has 1 aromatic rings. The van der Waals surface area contributed by atoms with E-state index in [0.29, 0.717) is 6.04 Å². The van der Waals surface area contributed by atoms with Crippen LogP contribution in [0.3, 0.4) is 0 Å². The van der Waals surface area contributed by atoms with Crippen molar-refractivity contribution in [2.45, 2.75) is 19.4 Å². The van der Waals surface area contributed by atoms with Gasteiger partial charge < -0.3 is 10.3 Å². The van der Waals surface area contributed by atoms with Crippen LogP contribution in [0.5, 0.6) is 0 Å². The van der Waals surface area contributed by atoms with Crippen molar-refractivity contribution < 1.29 is 4.79 Å². The largest absolute Gasteiger partial charge is 0.342 e. The molecule has 2 aliphatic heterocycles. The van der Waals surface area contributed by atoms with E-state index in [0.717, 1.165) is 35.8 Å². The molecule has 1 aromatic carbocycles. The number of hydrogen-bond acceptors (Lipinski definition) is 3. The van der Waals surface area contributed by atoms with Gasteiger partial charge in [-0.3, -0.25) is 4.79 Å². The molecule has 0 unspecified atom stereocenters. The molecule has 3 rings (SSSR count). The molecule has 0 aromatic heterocycles. The maximum absolute atomic E-state index is 11.5. The highest BCUT2D eigenvalue weighted by Gasteiger charge is 2.37. The second kappa shape index (κ2) is 4.85. The van der Waals surface area contributed by atoms with Gasteiger partial charge in [0.2, 0.25) is 5.91 Å². The zero-order valence-corrected chi connectivity index (χ0v) is 11.5. The van der Waals surface area contributed by atoms with Crippen molar-refractivity contribution in [2.75, 3.05) is 13.1 Å². The fourth-order valence-corrected chi connectivity index (χ4v) is 2.93. The molecule has 2 aliphatic rings. The lowest BCUT2D eigenvalue weighted by Gasteiger charge is -2.34. The van der Waals surface area contributed by atoms with E-state index in [4.69, 9.17) is 11.6 Å². The van der Waals surface area contributed by atoms with Crippen molar-refractivity contribution in [3.05, 3.63) is 34.9 Å². The number of halogens is 1. The normalized spacial score (nSPS) is 25.6. The lowest BCUT2D eigenvalue weighted by molar-refractivity contribution is -0.130. The molecule has 0 bridgehead atoms. The minimum absolute atomic E-state index is 0.140. The Morgan fingerprint density at radius 3 is 2.84 bits per heavy atom. The van der Waals surface area contributed by atoms with Crippen LogP contribution in [0.15, 0.2) is 29.4 Å². The number of hydrazone groups is 1. The van der Waals surface area contributed by atoms with Gasteiger partial charge in [-0.2, -0.15) is 5.10 Å². The summed E-state index contributed by atoms with van der Waals surface area (Å²) >= 11 is 5.91. The number of fused-ring (bicyclic) bond motifs is 1. The molecule has 1 saturated heterocycles. The molecular formula is C14H16ClN3O. The lowest BCUT2D eigenvalue weighted by Crippen LogP contribution is -2.48. The average Bonchev–Trinajstić information content (AvgIpc) is 2.82. The Bertz CT molecular complexity index is 526. The summed E-state index contributed by atoms with van der Waals surface area (Å²) < 4.78 is 0. The lowest BCUT2D eigenvalue weighted by atomic mass is 9.86. The summed E-state index contributed by atoms with van der Waals surface area (Å²) in [4.78, 5) is 13.4. The Morgan fingerprint density at radius 2 is 2.16 bits per heavy atom. The van der Waals surface area contributed by atoms with Crippen molar-refractivity contribution in [2.24, 2.45) is 11.0 Å². The van der Waals surface area contributed by atoms with E-state index in [2.05, 4.69) is 10.5 Å². The summed E-state index contributed by atoms with van der Waals surface area (Å²) in [5.41, 5.74) is 5.31. The number of likely N-dealkylation sites (tertiary alicyclic amines) is 1. The van der Waals surface area contributed by atoms with Crippen molar-refractivity contribution in [3.63, 3.8) is 0 Å². The van der Waals surface area contributed by atoms with E-state index in [1.807, 2.05) is 29.2 Å². The average molecular weight is 278 g/mol. The van der Waals surface area contributed by atoms with Gasteiger partial charge >= 0.3 is 0 Å². The fraction of sp³-hybridized carbons (Fsp3) is 0.429. The number of nitrogens with zero attached hydrogens (tertiary/aromatic N) is 2.